The minimum absolute atomic E-state index is 0.0530. The zero-order valence-corrected chi connectivity index (χ0v) is 7.37. The summed E-state index contributed by atoms with van der Waals surface area (Å²) in [4.78, 5) is 3.81. The van der Waals surface area contributed by atoms with Crippen molar-refractivity contribution in [2.75, 3.05) is 0 Å². The maximum Gasteiger partial charge on any atom is 0.146 e. The molecule has 2 rings (SSSR count). The van der Waals surface area contributed by atoms with Crippen molar-refractivity contribution < 1.29 is 8.78 Å². The number of hydrogen-bond donors (Lipinski definition) is 0. The third-order valence-corrected chi connectivity index (χ3v) is 2.57. The number of nitrogens with zero attached hydrogens (tertiary/aromatic N) is 2. The van der Waals surface area contributed by atoms with Crippen LogP contribution in [0.3, 0.4) is 0 Å². The van der Waals surface area contributed by atoms with E-state index in [4.69, 9.17) is 5.26 Å². The third-order valence-electron chi connectivity index (χ3n) is 2.57. The smallest absolute Gasteiger partial charge is 0.146 e. The van der Waals surface area contributed by atoms with Crippen molar-refractivity contribution in [3.05, 3.63) is 29.8 Å². The lowest BCUT2D eigenvalue weighted by molar-refractivity contribution is 0.128. The van der Waals surface area contributed by atoms with E-state index >= 15 is 0 Å². The van der Waals surface area contributed by atoms with Crippen LogP contribution in [0.15, 0.2) is 18.3 Å². The van der Waals surface area contributed by atoms with E-state index in [1.54, 1.807) is 0 Å². The molecular formula is C10H8F2N2. The van der Waals surface area contributed by atoms with Crippen LogP contribution in [0.5, 0.6) is 0 Å². The van der Waals surface area contributed by atoms with E-state index in [0.29, 0.717) is 0 Å². The monoisotopic (exact) mass is 194 g/mol. The summed E-state index contributed by atoms with van der Waals surface area (Å²) in [5, 5.41) is 8.91. The van der Waals surface area contributed by atoms with Gasteiger partial charge in [0.2, 0.25) is 0 Å². The molecular weight excluding hydrogens is 186 g/mol. The van der Waals surface area contributed by atoms with E-state index in [1.165, 1.54) is 18.3 Å². The molecule has 0 radical (unpaired) electrons. The van der Waals surface area contributed by atoms with Crippen molar-refractivity contribution in [1.29, 1.82) is 5.26 Å². The largest absolute Gasteiger partial charge is 0.257 e. The maximum absolute atomic E-state index is 13.3. The summed E-state index contributed by atoms with van der Waals surface area (Å²) in [7, 11) is 0. The lowest BCUT2D eigenvalue weighted by atomic mass is 9.66. The Morgan fingerprint density at radius 3 is 2.79 bits per heavy atom. The number of rotatable bonds is 1. The lowest BCUT2D eigenvalue weighted by Gasteiger charge is -2.37. The van der Waals surface area contributed by atoms with Crippen LogP contribution in [-0.2, 0) is 5.41 Å². The quantitative estimate of drug-likeness (QED) is 0.686. The first kappa shape index (κ1) is 9.07. The van der Waals surface area contributed by atoms with Gasteiger partial charge in [0.05, 0.1) is 11.8 Å². The fourth-order valence-electron chi connectivity index (χ4n) is 1.77. The van der Waals surface area contributed by atoms with Gasteiger partial charge in [-0.25, -0.2) is 8.78 Å². The van der Waals surface area contributed by atoms with Crippen LogP contribution < -0.4 is 0 Å². The average molecular weight is 194 g/mol. The van der Waals surface area contributed by atoms with Crippen LogP contribution in [0.1, 0.15) is 18.5 Å². The van der Waals surface area contributed by atoms with Crippen LogP contribution in [0.25, 0.3) is 0 Å². The van der Waals surface area contributed by atoms with Gasteiger partial charge in [-0.15, -0.1) is 0 Å². The topological polar surface area (TPSA) is 36.7 Å². The summed E-state index contributed by atoms with van der Waals surface area (Å²) < 4.78 is 26.0. The Balaban J connectivity index is 2.40. The number of aromatic nitrogens is 1. The molecule has 2 nitrogen and oxygen atoms in total. The van der Waals surface area contributed by atoms with Gasteiger partial charge < -0.3 is 0 Å². The molecule has 0 spiro atoms. The summed E-state index contributed by atoms with van der Waals surface area (Å²) >= 11 is 0. The van der Waals surface area contributed by atoms with E-state index in [-0.39, 0.29) is 18.5 Å². The van der Waals surface area contributed by atoms with E-state index in [0.717, 1.165) is 0 Å². The standard InChI is InChI=1S/C10H8F2N2/c11-7-4-10(5-7,6-13)9-8(12)2-1-3-14-9/h1-3,7H,4-5H2/t7-,10+. The molecule has 72 valence electrons. The van der Waals surface area contributed by atoms with Crippen LogP contribution in [0.2, 0.25) is 0 Å². The fourth-order valence-corrected chi connectivity index (χ4v) is 1.77. The molecule has 0 aromatic carbocycles. The van der Waals surface area contributed by atoms with Crippen LogP contribution in [0, 0.1) is 17.1 Å². The minimum atomic E-state index is -1.04. The zero-order valence-electron chi connectivity index (χ0n) is 7.37. The highest BCUT2D eigenvalue weighted by Crippen LogP contribution is 2.44. The van der Waals surface area contributed by atoms with Gasteiger partial charge in [0.25, 0.3) is 0 Å². The van der Waals surface area contributed by atoms with Gasteiger partial charge in [0.1, 0.15) is 17.4 Å². The Morgan fingerprint density at radius 1 is 1.57 bits per heavy atom. The fraction of sp³-hybridized carbons (Fsp3) is 0.400. The SMILES string of the molecule is N#C[C@]1(c2ncccc2F)C[C@@H](F)C1. The number of alkyl halides is 1. The maximum atomic E-state index is 13.3. The molecule has 1 heterocycles. The normalized spacial score (nSPS) is 30.5. The predicted molar refractivity (Wildman–Crippen MR) is 45.6 cm³/mol. The Hall–Kier alpha value is -1.50. The molecule has 1 saturated carbocycles. The summed E-state index contributed by atoms with van der Waals surface area (Å²) in [5.41, 5.74) is -0.957. The van der Waals surface area contributed by atoms with E-state index in [2.05, 4.69) is 4.98 Å². The summed E-state index contributed by atoms with van der Waals surface area (Å²) in [5.74, 6) is -0.527. The van der Waals surface area contributed by atoms with E-state index < -0.39 is 17.4 Å². The summed E-state index contributed by atoms with van der Waals surface area (Å²) in [6.45, 7) is 0. The molecule has 0 bridgehead atoms. The second-order valence-corrected chi connectivity index (χ2v) is 3.53. The molecule has 0 aliphatic heterocycles. The Labute approximate surface area is 80.2 Å². The van der Waals surface area contributed by atoms with Gasteiger partial charge in [-0.3, -0.25) is 4.98 Å². The van der Waals surface area contributed by atoms with Crippen molar-refractivity contribution in [2.45, 2.75) is 24.4 Å². The summed E-state index contributed by atoms with van der Waals surface area (Å²) in [6, 6.07) is 4.66. The Kier molecular flexibility index (Phi) is 1.95. The summed E-state index contributed by atoms with van der Waals surface area (Å²) in [6.07, 6.45) is 0.522. The minimum Gasteiger partial charge on any atom is -0.257 e. The molecule has 1 fully saturated rings. The molecule has 0 N–H and O–H groups in total. The van der Waals surface area contributed by atoms with Crippen molar-refractivity contribution in [3.63, 3.8) is 0 Å². The van der Waals surface area contributed by atoms with E-state index in [1.807, 2.05) is 6.07 Å². The first-order chi connectivity index (χ1) is 6.68. The third kappa shape index (κ3) is 1.17. The van der Waals surface area contributed by atoms with Crippen molar-refractivity contribution in [3.8, 4) is 6.07 Å². The molecule has 1 aliphatic rings. The van der Waals surface area contributed by atoms with Crippen molar-refractivity contribution >= 4 is 0 Å². The highest BCUT2D eigenvalue weighted by molar-refractivity contribution is 5.32. The van der Waals surface area contributed by atoms with Gasteiger partial charge >= 0.3 is 0 Å². The molecule has 14 heavy (non-hydrogen) atoms. The van der Waals surface area contributed by atoms with Gasteiger partial charge in [-0.1, -0.05) is 0 Å². The average Bonchev–Trinajstić information content (AvgIpc) is 2.14. The van der Waals surface area contributed by atoms with Gasteiger partial charge in [-0.05, 0) is 12.1 Å². The molecule has 0 amide bonds. The zero-order chi connectivity index (χ0) is 10.2. The molecule has 0 unspecified atom stereocenters. The Morgan fingerprint density at radius 2 is 2.29 bits per heavy atom. The van der Waals surface area contributed by atoms with Gasteiger partial charge in [0.15, 0.2) is 0 Å². The number of halogens is 2. The van der Waals surface area contributed by atoms with Crippen LogP contribution in [-0.4, -0.2) is 11.2 Å². The number of pyridine rings is 1. The van der Waals surface area contributed by atoms with Crippen LogP contribution in [0.4, 0.5) is 8.78 Å². The highest BCUT2D eigenvalue weighted by atomic mass is 19.1. The molecule has 4 heteroatoms. The highest BCUT2D eigenvalue weighted by Gasteiger charge is 2.49. The van der Waals surface area contributed by atoms with Crippen LogP contribution >= 0.6 is 0 Å². The van der Waals surface area contributed by atoms with E-state index in [9.17, 15) is 8.78 Å². The Bertz CT molecular complexity index is 391. The number of nitriles is 1. The van der Waals surface area contributed by atoms with Gasteiger partial charge in [0, 0.05) is 19.0 Å². The molecule has 1 aliphatic carbocycles. The molecule has 1 aromatic heterocycles. The molecule has 1 aromatic rings. The molecule has 0 atom stereocenters. The number of hydrogen-bond acceptors (Lipinski definition) is 2. The van der Waals surface area contributed by atoms with Crippen molar-refractivity contribution in [2.24, 2.45) is 0 Å². The molecule has 0 saturated heterocycles. The van der Waals surface area contributed by atoms with Gasteiger partial charge in [-0.2, -0.15) is 5.26 Å². The first-order valence-corrected chi connectivity index (χ1v) is 4.34. The lowest BCUT2D eigenvalue weighted by Crippen LogP contribution is -2.42. The second kappa shape index (κ2) is 3.02. The predicted octanol–water partition coefficient (Wildman–Crippen LogP) is 2.11. The first-order valence-electron chi connectivity index (χ1n) is 4.34. The van der Waals surface area contributed by atoms with Crippen molar-refractivity contribution in [1.82, 2.24) is 4.98 Å². The second-order valence-electron chi connectivity index (χ2n) is 3.53.